The fourth-order valence-electron chi connectivity index (χ4n) is 4.97. The molecule has 4 heterocycles. The number of hydrogen-bond acceptors (Lipinski definition) is 4. The van der Waals surface area contributed by atoms with Gasteiger partial charge in [0.25, 0.3) is 5.91 Å². The maximum absolute atomic E-state index is 13.0. The number of carbonyl (C=O) groups is 2. The van der Waals surface area contributed by atoms with E-state index in [1.54, 1.807) is 11.0 Å². The van der Waals surface area contributed by atoms with Crippen molar-refractivity contribution in [1.29, 1.82) is 0 Å². The van der Waals surface area contributed by atoms with Gasteiger partial charge >= 0.3 is 0 Å². The van der Waals surface area contributed by atoms with Gasteiger partial charge in [-0.15, -0.1) is 0 Å². The Morgan fingerprint density at radius 1 is 1.19 bits per heavy atom. The van der Waals surface area contributed by atoms with E-state index in [4.69, 9.17) is 11.6 Å². The highest BCUT2D eigenvalue weighted by Crippen LogP contribution is 2.33. The summed E-state index contributed by atoms with van der Waals surface area (Å²) in [6, 6.07) is 6.22. The van der Waals surface area contributed by atoms with Crippen LogP contribution in [0.25, 0.3) is 0 Å². The van der Waals surface area contributed by atoms with E-state index in [1.807, 2.05) is 18.2 Å². The van der Waals surface area contributed by atoms with E-state index in [1.165, 1.54) is 32.0 Å². The number of benzene rings is 1. The molecule has 0 saturated carbocycles. The van der Waals surface area contributed by atoms with Gasteiger partial charge in [0.1, 0.15) is 0 Å². The molecule has 5 nitrogen and oxygen atoms in total. The zero-order valence-corrected chi connectivity index (χ0v) is 19.6. The Morgan fingerprint density at radius 2 is 1.94 bits per heavy atom. The number of anilines is 1. The van der Waals surface area contributed by atoms with Crippen LogP contribution in [0, 0.1) is 11.8 Å². The molecular formula is C25H34ClN3O2. The highest BCUT2D eigenvalue weighted by atomic mass is 35.5. The van der Waals surface area contributed by atoms with E-state index in [9.17, 15) is 9.59 Å². The molecule has 0 spiro atoms. The summed E-state index contributed by atoms with van der Waals surface area (Å²) < 4.78 is 0. The average molecular weight is 444 g/mol. The van der Waals surface area contributed by atoms with Gasteiger partial charge in [-0.25, -0.2) is 0 Å². The molecule has 0 aromatic heterocycles. The number of nitrogens with zero attached hydrogens (tertiary/aromatic N) is 2. The zero-order chi connectivity index (χ0) is 22.2. The number of ketones is 1. The zero-order valence-electron chi connectivity index (χ0n) is 18.9. The molecule has 4 aliphatic heterocycles. The number of piperidine rings is 1. The molecule has 1 amide bonds. The van der Waals surface area contributed by atoms with E-state index in [2.05, 4.69) is 31.0 Å². The topological polar surface area (TPSA) is 52.7 Å². The van der Waals surface area contributed by atoms with Crippen molar-refractivity contribution in [2.75, 3.05) is 37.6 Å². The fraction of sp³-hybridized carbons (Fsp3) is 0.600. The van der Waals surface area contributed by atoms with E-state index in [-0.39, 0.29) is 23.0 Å². The summed E-state index contributed by atoms with van der Waals surface area (Å²) in [4.78, 5) is 29.7. The van der Waals surface area contributed by atoms with E-state index in [0.717, 1.165) is 24.4 Å². The lowest BCUT2D eigenvalue weighted by molar-refractivity contribution is -0.121. The Hall–Kier alpha value is -1.69. The SMILES string of the molecule is CC(C)(C)c1ccc(N2CC(C(=O)CNC3CC4CCN(CC4)C3)C=CC2=O)c(Cl)c1. The standard InChI is InChI=1S/C25H34ClN3O2/c1-25(2,3)19-5-6-22(21(26)13-19)29-15-18(4-7-24(29)31)23(30)14-27-20-12-17-8-10-28(16-20)11-9-17/h4-7,13,17-18,20,27H,8-12,14-16H2,1-3H3. The van der Waals surface area contributed by atoms with Crippen molar-refractivity contribution in [2.24, 2.45) is 11.8 Å². The predicted octanol–water partition coefficient (Wildman–Crippen LogP) is 3.80. The van der Waals surface area contributed by atoms with Gasteiger partial charge in [-0.3, -0.25) is 9.59 Å². The molecule has 2 bridgehead atoms. The van der Waals surface area contributed by atoms with Crippen molar-refractivity contribution in [3.63, 3.8) is 0 Å². The Morgan fingerprint density at radius 3 is 2.61 bits per heavy atom. The molecule has 5 rings (SSSR count). The summed E-state index contributed by atoms with van der Waals surface area (Å²) in [5.74, 6) is 0.469. The van der Waals surface area contributed by atoms with Crippen LogP contribution in [0.4, 0.5) is 5.69 Å². The summed E-state index contributed by atoms with van der Waals surface area (Å²) >= 11 is 6.55. The molecule has 3 saturated heterocycles. The molecule has 0 aliphatic carbocycles. The highest BCUT2D eigenvalue weighted by Gasteiger charge is 2.31. The second kappa shape index (κ2) is 9.05. The van der Waals surface area contributed by atoms with Crippen LogP contribution in [0.15, 0.2) is 30.4 Å². The van der Waals surface area contributed by atoms with Crippen LogP contribution in [0.3, 0.4) is 0 Å². The fourth-order valence-corrected chi connectivity index (χ4v) is 5.25. The lowest BCUT2D eigenvalue weighted by atomic mass is 9.87. The summed E-state index contributed by atoms with van der Waals surface area (Å²) in [6.45, 7) is 10.5. The van der Waals surface area contributed by atoms with Crippen molar-refractivity contribution >= 4 is 29.0 Å². The summed E-state index contributed by atoms with van der Waals surface area (Å²) in [5, 5.41) is 4.05. The minimum Gasteiger partial charge on any atom is -0.306 e. The van der Waals surface area contributed by atoms with Gasteiger partial charge in [0.2, 0.25) is 0 Å². The Kier molecular flexibility index (Phi) is 6.57. The molecule has 31 heavy (non-hydrogen) atoms. The van der Waals surface area contributed by atoms with Gasteiger partial charge in [0.05, 0.1) is 23.2 Å². The summed E-state index contributed by atoms with van der Waals surface area (Å²) in [6.07, 6.45) is 6.98. The molecule has 1 aromatic carbocycles. The van der Waals surface area contributed by atoms with Gasteiger partial charge in [-0.05, 0) is 61.4 Å². The molecule has 1 aromatic rings. The number of Topliss-reactive ketones (excluding diaryl/α,β-unsaturated/α-hetero) is 1. The quantitative estimate of drug-likeness (QED) is 0.752. The van der Waals surface area contributed by atoms with Crippen molar-refractivity contribution in [2.45, 2.75) is 51.5 Å². The lowest BCUT2D eigenvalue weighted by Gasteiger charge is -2.30. The number of hydrogen-bond donors (Lipinski definition) is 1. The average Bonchev–Trinajstić information content (AvgIpc) is 3.05. The number of rotatable bonds is 5. The molecule has 0 radical (unpaired) electrons. The molecule has 3 fully saturated rings. The molecule has 2 atom stereocenters. The number of nitrogens with one attached hydrogen (secondary N) is 1. The van der Waals surface area contributed by atoms with Gasteiger partial charge in [-0.1, -0.05) is 44.5 Å². The second-order valence-corrected chi connectivity index (χ2v) is 10.8. The van der Waals surface area contributed by atoms with Crippen LogP contribution >= 0.6 is 11.6 Å². The van der Waals surface area contributed by atoms with E-state index >= 15 is 0 Å². The first-order valence-electron chi connectivity index (χ1n) is 11.5. The van der Waals surface area contributed by atoms with Crippen molar-refractivity contribution in [3.8, 4) is 0 Å². The molecule has 6 heteroatoms. The molecule has 168 valence electrons. The van der Waals surface area contributed by atoms with E-state index < -0.39 is 0 Å². The number of carbonyl (C=O) groups excluding carboxylic acids is 2. The van der Waals surface area contributed by atoms with Crippen molar-refractivity contribution in [1.82, 2.24) is 10.2 Å². The van der Waals surface area contributed by atoms with Gasteiger partial charge in [0.15, 0.2) is 5.78 Å². The van der Waals surface area contributed by atoms with Crippen LogP contribution in [-0.4, -0.2) is 55.4 Å². The summed E-state index contributed by atoms with van der Waals surface area (Å²) in [5.41, 5.74) is 1.76. The third-order valence-electron chi connectivity index (χ3n) is 7.00. The Balaban J connectivity index is 1.40. The van der Waals surface area contributed by atoms with Crippen LogP contribution in [-0.2, 0) is 15.0 Å². The first kappa shape index (κ1) is 22.5. The van der Waals surface area contributed by atoms with E-state index in [0.29, 0.717) is 29.8 Å². The monoisotopic (exact) mass is 443 g/mol. The number of fused-ring (bicyclic) bond motifs is 4. The predicted molar refractivity (Wildman–Crippen MR) is 126 cm³/mol. The highest BCUT2D eigenvalue weighted by molar-refractivity contribution is 6.34. The smallest absolute Gasteiger partial charge is 0.250 e. The van der Waals surface area contributed by atoms with Crippen LogP contribution in [0.5, 0.6) is 0 Å². The normalized spacial score (nSPS) is 28.6. The van der Waals surface area contributed by atoms with Crippen molar-refractivity contribution in [3.05, 3.63) is 40.9 Å². The van der Waals surface area contributed by atoms with Crippen LogP contribution in [0.1, 0.15) is 45.6 Å². The van der Waals surface area contributed by atoms with Gasteiger partial charge < -0.3 is 15.1 Å². The Bertz CT molecular complexity index is 854. The van der Waals surface area contributed by atoms with Crippen LogP contribution < -0.4 is 10.2 Å². The number of halogens is 1. The second-order valence-electron chi connectivity index (χ2n) is 10.4. The maximum Gasteiger partial charge on any atom is 0.250 e. The largest absolute Gasteiger partial charge is 0.306 e. The lowest BCUT2D eigenvalue weighted by Crippen LogP contribution is -2.45. The first-order valence-corrected chi connectivity index (χ1v) is 11.9. The maximum atomic E-state index is 13.0. The summed E-state index contributed by atoms with van der Waals surface area (Å²) in [7, 11) is 0. The first-order chi connectivity index (χ1) is 14.7. The Labute approximate surface area is 190 Å². The molecule has 1 N–H and O–H groups in total. The number of amides is 1. The third-order valence-corrected chi connectivity index (χ3v) is 7.31. The molecule has 4 aliphatic rings. The minimum absolute atomic E-state index is 0.0216. The van der Waals surface area contributed by atoms with Crippen molar-refractivity contribution < 1.29 is 9.59 Å². The van der Waals surface area contributed by atoms with Gasteiger partial charge in [-0.2, -0.15) is 0 Å². The molecular weight excluding hydrogens is 410 g/mol. The molecule has 2 unspecified atom stereocenters. The van der Waals surface area contributed by atoms with Crippen LogP contribution in [0.2, 0.25) is 5.02 Å². The van der Waals surface area contributed by atoms with Gasteiger partial charge in [0, 0.05) is 25.2 Å². The minimum atomic E-state index is -0.314. The third kappa shape index (κ3) is 5.21.